The minimum atomic E-state index is -2.78. The van der Waals surface area contributed by atoms with Crippen LogP contribution in [-0.4, -0.2) is 37.8 Å². The third kappa shape index (κ3) is 1.87. The Morgan fingerprint density at radius 2 is 1.73 bits per heavy atom. The maximum Gasteiger partial charge on any atom is 0.338 e. The Hall–Kier alpha value is -3.06. The van der Waals surface area contributed by atoms with E-state index in [2.05, 4.69) is 0 Å². The van der Waals surface area contributed by atoms with Crippen LogP contribution in [0, 0.1) is 0 Å². The van der Waals surface area contributed by atoms with Gasteiger partial charge in [-0.2, -0.15) is 0 Å². The first-order valence-electron chi connectivity index (χ1n) is 6.19. The number of ether oxygens (including phenoxy) is 1. The molecule has 22 heavy (non-hydrogen) atoms. The molecule has 0 saturated carbocycles. The second-order valence-corrected chi connectivity index (χ2v) is 4.79. The van der Waals surface area contributed by atoms with Gasteiger partial charge in [0.15, 0.2) is 11.5 Å². The number of carbonyl (C=O) groups excluding carboxylic acids is 2. The van der Waals surface area contributed by atoms with Crippen molar-refractivity contribution in [2.75, 3.05) is 0 Å². The highest BCUT2D eigenvalue weighted by molar-refractivity contribution is 6.24. The van der Waals surface area contributed by atoms with Gasteiger partial charge in [0.25, 0.3) is 0 Å². The summed E-state index contributed by atoms with van der Waals surface area (Å²) >= 11 is 0. The summed E-state index contributed by atoms with van der Waals surface area (Å²) < 4.78 is 5.03. The van der Waals surface area contributed by atoms with Gasteiger partial charge in [-0.25, -0.2) is 0 Å². The number of phenols is 3. The van der Waals surface area contributed by atoms with Crippen LogP contribution in [0.2, 0.25) is 0 Å². The van der Waals surface area contributed by atoms with E-state index in [0.29, 0.717) is 0 Å². The third-order valence-electron chi connectivity index (χ3n) is 3.32. The van der Waals surface area contributed by atoms with Gasteiger partial charge < -0.3 is 25.2 Å². The Kier molecular flexibility index (Phi) is 2.82. The molecule has 1 aliphatic heterocycles. The zero-order valence-electron chi connectivity index (χ0n) is 11.0. The number of aliphatic hydroxyl groups is 1. The van der Waals surface area contributed by atoms with E-state index in [1.54, 1.807) is 0 Å². The fourth-order valence-electron chi connectivity index (χ4n) is 2.18. The summed E-state index contributed by atoms with van der Waals surface area (Å²) in [5, 5.41) is 38.3. The van der Waals surface area contributed by atoms with E-state index in [-0.39, 0.29) is 22.6 Å². The van der Waals surface area contributed by atoms with Crippen LogP contribution in [0.3, 0.4) is 0 Å². The van der Waals surface area contributed by atoms with Crippen LogP contribution in [0.4, 0.5) is 0 Å². The van der Waals surface area contributed by atoms with Gasteiger partial charge in [0.05, 0.1) is 5.56 Å². The lowest BCUT2D eigenvalue weighted by molar-refractivity contribution is -0.0619. The minimum absolute atomic E-state index is 0.0448. The van der Waals surface area contributed by atoms with Gasteiger partial charge in [-0.05, 0) is 30.3 Å². The van der Waals surface area contributed by atoms with Gasteiger partial charge in [-0.1, -0.05) is 0 Å². The number of benzene rings is 2. The quantitative estimate of drug-likeness (QED) is 0.370. The molecule has 0 aromatic heterocycles. The molecule has 0 amide bonds. The van der Waals surface area contributed by atoms with Crippen molar-refractivity contribution in [2.45, 2.75) is 5.79 Å². The third-order valence-corrected chi connectivity index (χ3v) is 3.32. The van der Waals surface area contributed by atoms with Gasteiger partial charge in [0, 0.05) is 11.6 Å². The average Bonchev–Trinajstić information content (AvgIpc) is 2.73. The number of phenolic OH excluding ortho intramolecular Hbond substituents is 3. The molecule has 7 nitrogen and oxygen atoms in total. The number of hydrogen-bond donors (Lipinski definition) is 4. The van der Waals surface area contributed by atoms with E-state index >= 15 is 0 Å². The standard InChI is InChI=1S/C15H10O7/c16-8-2-3-9-12(6-8)22-15(21,14(9)20)13(19)7-1-4-10(17)11(18)5-7/h1-6,16-18,21H. The van der Waals surface area contributed by atoms with Gasteiger partial charge in [0.1, 0.15) is 11.5 Å². The first-order valence-corrected chi connectivity index (χ1v) is 6.19. The van der Waals surface area contributed by atoms with Crippen LogP contribution in [-0.2, 0) is 0 Å². The second kappa shape index (κ2) is 4.47. The molecule has 1 heterocycles. The molecule has 0 saturated heterocycles. The fourth-order valence-corrected chi connectivity index (χ4v) is 2.18. The first kappa shape index (κ1) is 13.9. The molecular weight excluding hydrogens is 292 g/mol. The molecular formula is C15H10O7. The summed E-state index contributed by atoms with van der Waals surface area (Å²) in [6.45, 7) is 0. The highest BCUT2D eigenvalue weighted by Crippen LogP contribution is 2.38. The van der Waals surface area contributed by atoms with Crippen LogP contribution in [0.25, 0.3) is 0 Å². The SMILES string of the molecule is O=C(c1ccc(O)c(O)c1)C1(O)Oc2cc(O)ccc2C1=O. The first-order chi connectivity index (χ1) is 10.3. The van der Waals surface area contributed by atoms with Crippen molar-refractivity contribution in [3.8, 4) is 23.0 Å². The van der Waals surface area contributed by atoms with E-state index in [9.17, 15) is 30.0 Å². The maximum atomic E-state index is 12.3. The van der Waals surface area contributed by atoms with Gasteiger partial charge >= 0.3 is 5.79 Å². The number of Topliss-reactive ketones (excluding diaryl/α,β-unsaturated/α-hetero) is 2. The van der Waals surface area contributed by atoms with Crippen molar-refractivity contribution in [3.63, 3.8) is 0 Å². The Morgan fingerprint density at radius 1 is 1.00 bits per heavy atom. The largest absolute Gasteiger partial charge is 0.508 e. The molecule has 3 rings (SSSR count). The summed E-state index contributed by atoms with van der Waals surface area (Å²) in [6, 6.07) is 6.64. The Bertz CT molecular complexity index is 812. The van der Waals surface area contributed by atoms with Crippen LogP contribution < -0.4 is 4.74 Å². The Morgan fingerprint density at radius 3 is 2.41 bits per heavy atom. The van der Waals surface area contributed by atoms with Crippen LogP contribution in [0.15, 0.2) is 36.4 Å². The number of ketones is 2. The maximum absolute atomic E-state index is 12.3. The molecule has 1 aliphatic rings. The number of hydrogen-bond acceptors (Lipinski definition) is 7. The second-order valence-electron chi connectivity index (χ2n) is 4.79. The molecule has 2 aromatic rings. The molecule has 1 atom stereocenters. The predicted molar refractivity (Wildman–Crippen MR) is 72.1 cm³/mol. The Labute approximate surface area is 123 Å². The van der Waals surface area contributed by atoms with Crippen LogP contribution in [0.5, 0.6) is 23.0 Å². The van der Waals surface area contributed by atoms with E-state index in [1.165, 1.54) is 12.1 Å². The molecule has 112 valence electrons. The van der Waals surface area contributed by atoms with Crippen LogP contribution >= 0.6 is 0 Å². The lowest BCUT2D eigenvalue weighted by Crippen LogP contribution is -2.48. The molecule has 0 bridgehead atoms. The smallest absolute Gasteiger partial charge is 0.338 e. The molecule has 0 fully saturated rings. The normalized spacial score (nSPS) is 19.6. The molecule has 2 aromatic carbocycles. The highest BCUT2D eigenvalue weighted by atomic mass is 16.6. The molecule has 0 spiro atoms. The van der Waals surface area contributed by atoms with Gasteiger partial charge in [0.2, 0.25) is 11.6 Å². The van der Waals surface area contributed by atoms with E-state index in [4.69, 9.17) is 4.74 Å². The molecule has 1 unspecified atom stereocenters. The lowest BCUT2D eigenvalue weighted by Gasteiger charge is -2.19. The predicted octanol–water partition coefficient (Wildman–Crippen LogP) is 0.950. The zero-order chi connectivity index (χ0) is 16.1. The van der Waals surface area contributed by atoms with E-state index < -0.39 is 28.9 Å². The lowest BCUT2D eigenvalue weighted by atomic mass is 9.97. The Balaban J connectivity index is 2.03. The summed E-state index contributed by atoms with van der Waals surface area (Å²) in [7, 11) is 0. The average molecular weight is 302 g/mol. The van der Waals surface area contributed by atoms with Crippen molar-refractivity contribution in [1.82, 2.24) is 0 Å². The number of rotatable bonds is 2. The van der Waals surface area contributed by atoms with Crippen molar-refractivity contribution in [1.29, 1.82) is 0 Å². The van der Waals surface area contributed by atoms with Gasteiger partial charge in [-0.3, -0.25) is 9.59 Å². The molecule has 0 aliphatic carbocycles. The topological polar surface area (TPSA) is 124 Å². The monoisotopic (exact) mass is 302 g/mol. The van der Waals surface area contributed by atoms with Crippen LogP contribution in [0.1, 0.15) is 20.7 Å². The van der Waals surface area contributed by atoms with E-state index in [1.807, 2.05) is 0 Å². The van der Waals surface area contributed by atoms with E-state index in [0.717, 1.165) is 24.3 Å². The van der Waals surface area contributed by atoms with Gasteiger partial charge in [-0.15, -0.1) is 0 Å². The molecule has 4 N–H and O–H groups in total. The zero-order valence-corrected chi connectivity index (χ0v) is 11.0. The van der Waals surface area contributed by atoms with Crippen molar-refractivity contribution in [2.24, 2.45) is 0 Å². The molecule has 7 heteroatoms. The summed E-state index contributed by atoms with van der Waals surface area (Å²) in [5.74, 6) is -6.18. The number of carbonyl (C=O) groups is 2. The minimum Gasteiger partial charge on any atom is -0.508 e. The van der Waals surface area contributed by atoms with Crippen molar-refractivity contribution < 1.29 is 34.8 Å². The number of aromatic hydroxyl groups is 3. The summed E-state index contributed by atoms with van der Waals surface area (Å²) in [5.41, 5.74) is -0.264. The summed E-state index contributed by atoms with van der Waals surface area (Å²) in [4.78, 5) is 24.6. The number of fused-ring (bicyclic) bond motifs is 1. The summed E-state index contributed by atoms with van der Waals surface area (Å²) in [6.07, 6.45) is 0. The van der Waals surface area contributed by atoms with Crippen molar-refractivity contribution >= 4 is 11.6 Å². The fraction of sp³-hybridized carbons (Fsp3) is 0.0667. The van der Waals surface area contributed by atoms with Crippen molar-refractivity contribution in [3.05, 3.63) is 47.5 Å². The highest BCUT2D eigenvalue weighted by Gasteiger charge is 2.53. The molecule has 0 radical (unpaired) electrons.